The van der Waals surface area contributed by atoms with E-state index in [1.54, 1.807) is 7.11 Å². The summed E-state index contributed by atoms with van der Waals surface area (Å²) in [6, 6.07) is 4.01. The molecule has 0 radical (unpaired) electrons. The minimum absolute atomic E-state index is 0.243. The first-order chi connectivity index (χ1) is 9.04. The fraction of sp³-hybridized carbons (Fsp3) is 0.562. The van der Waals surface area contributed by atoms with Gasteiger partial charge in [0.25, 0.3) is 0 Å². The first-order valence-electron chi connectivity index (χ1n) is 6.92. The fourth-order valence-electron chi connectivity index (χ4n) is 3.38. The number of ether oxygens (including phenoxy) is 1. The van der Waals surface area contributed by atoms with E-state index in [9.17, 15) is 9.90 Å². The largest absolute Gasteiger partial charge is 0.496 e. The van der Waals surface area contributed by atoms with E-state index >= 15 is 0 Å². The highest BCUT2D eigenvalue weighted by molar-refractivity contribution is 5.78. The van der Waals surface area contributed by atoms with Gasteiger partial charge < -0.3 is 9.84 Å². The quantitative estimate of drug-likeness (QED) is 0.900. The van der Waals surface area contributed by atoms with E-state index in [4.69, 9.17) is 4.74 Å². The molecular weight excluding hydrogens is 240 g/mol. The van der Waals surface area contributed by atoms with Crippen molar-refractivity contribution in [1.29, 1.82) is 0 Å². The third-order valence-electron chi connectivity index (χ3n) is 4.12. The fourth-order valence-corrected chi connectivity index (χ4v) is 3.38. The van der Waals surface area contributed by atoms with Gasteiger partial charge in [-0.2, -0.15) is 0 Å². The van der Waals surface area contributed by atoms with Gasteiger partial charge >= 0.3 is 5.97 Å². The van der Waals surface area contributed by atoms with Crippen LogP contribution in [0.3, 0.4) is 0 Å². The Morgan fingerprint density at radius 2 is 1.95 bits per heavy atom. The van der Waals surface area contributed by atoms with E-state index in [1.165, 1.54) is 0 Å². The number of benzene rings is 1. The summed E-state index contributed by atoms with van der Waals surface area (Å²) in [4.78, 5) is 11.7. The second kappa shape index (κ2) is 5.64. The number of carbonyl (C=O) groups is 1. The Labute approximate surface area is 114 Å². The van der Waals surface area contributed by atoms with Crippen LogP contribution in [-0.2, 0) is 4.79 Å². The monoisotopic (exact) mass is 262 g/mol. The van der Waals surface area contributed by atoms with Crippen molar-refractivity contribution in [3.8, 4) is 5.75 Å². The van der Waals surface area contributed by atoms with Crippen molar-refractivity contribution >= 4 is 5.97 Å². The van der Waals surface area contributed by atoms with E-state index in [0.717, 1.165) is 48.1 Å². The van der Waals surface area contributed by atoms with Crippen LogP contribution < -0.4 is 4.74 Å². The summed E-state index contributed by atoms with van der Waals surface area (Å²) in [6.07, 6.45) is 4.29. The average molecular weight is 262 g/mol. The van der Waals surface area contributed by atoms with Crippen LogP contribution in [0.5, 0.6) is 5.75 Å². The Hall–Kier alpha value is -1.51. The highest BCUT2D eigenvalue weighted by Crippen LogP contribution is 2.42. The zero-order chi connectivity index (χ0) is 14.0. The number of aryl methyl sites for hydroxylation is 2. The first kappa shape index (κ1) is 13.9. The molecule has 0 aromatic heterocycles. The number of hydrogen-bond acceptors (Lipinski definition) is 2. The zero-order valence-electron chi connectivity index (χ0n) is 11.9. The van der Waals surface area contributed by atoms with Gasteiger partial charge in [-0.15, -0.1) is 0 Å². The minimum Gasteiger partial charge on any atom is -0.496 e. The van der Waals surface area contributed by atoms with Crippen LogP contribution in [-0.4, -0.2) is 18.2 Å². The number of rotatable bonds is 4. The number of carboxylic acid groups (broad SMARTS) is 1. The molecule has 0 aliphatic heterocycles. The highest BCUT2D eigenvalue weighted by atomic mass is 16.5. The molecule has 0 bridgehead atoms. The summed E-state index contributed by atoms with van der Waals surface area (Å²) in [5, 5.41) is 9.63. The highest BCUT2D eigenvalue weighted by Gasteiger charge is 2.34. The second-order valence-corrected chi connectivity index (χ2v) is 5.56. The Morgan fingerprint density at radius 1 is 1.32 bits per heavy atom. The van der Waals surface area contributed by atoms with E-state index in [1.807, 2.05) is 26.0 Å². The molecule has 1 unspecified atom stereocenters. The zero-order valence-corrected chi connectivity index (χ0v) is 11.9. The van der Waals surface area contributed by atoms with Gasteiger partial charge in [-0.3, -0.25) is 4.79 Å². The number of aliphatic carboxylic acids is 1. The second-order valence-electron chi connectivity index (χ2n) is 5.56. The molecule has 2 rings (SSSR count). The lowest BCUT2D eigenvalue weighted by molar-refractivity contribution is -0.140. The van der Waals surface area contributed by atoms with Crippen molar-refractivity contribution in [2.45, 2.75) is 45.4 Å². The molecule has 1 aromatic carbocycles. The van der Waals surface area contributed by atoms with Crippen LogP contribution in [0.1, 0.15) is 48.3 Å². The summed E-state index contributed by atoms with van der Waals surface area (Å²) in [6.45, 7) is 3.98. The summed E-state index contributed by atoms with van der Waals surface area (Å²) in [7, 11) is 1.62. The Kier molecular flexibility index (Phi) is 4.13. The maximum absolute atomic E-state index is 11.7. The normalized spacial score (nSPS) is 17.4. The van der Waals surface area contributed by atoms with Gasteiger partial charge in [0.15, 0.2) is 0 Å². The Balaban J connectivity index is 2.49. The molecule has 1 aromatic rings. The van der Waals surface area contributed by atoms with Crippen LogP contribution >= 0.6 is 0 Å². The molecule has 1 aliphatic carbocycles. The predicted octanol–water partition coefficient (Wildman–Crippen LogP) is 3.67. The summed E-state index contributed by atoms with van der Waals surface area (Å²) in [5.41, 5.74) is 2.96. The lowest BCUT2D eigenvalue weighted by atomic mass is 9.83. The Morgan fingerprint density at radius 3 is 2.47 bits per heavy atom. The molecular formula is C16H22O3. The van der Waals surface area contributed by atoms with Crippen molar-refractivity contribution < 1.29 is 14.6 Å². The van der Waals surface area contributed by atoms with Crippen molar-refractivity contribution in [2.24, 2.45) is 5.92 Å². The van der Waals surface area contributed by atoms with Gasteiger partial charge in [-0.25, -0.2) is 0 Å². The molecule has 0 saturated heterocycles. The van der Waals surface area contributed by atoms with Crippen molar-refractivity contribution in [3.63, 3.8) is 0 Å². The standard InChI is InChI=1S/C16H22O3/c1-10-8-11(2)15(19-3)13(9-10)14(16(17)18)12-6-4-5-7-12/h8-9,12,14H,4-7H2,1-3H3,(H,17,18). The summed E-state index contributed by atoms with van der Waals surface area (Å²) >= 11 is 0. The number of carboxylic acids is 1. The summed E-state index contributed by atoms with van der Waals surface area (Å²) < 4.78 is 5.46. The SMILES string of the molecule is COc1c(C)cc(C)cc1C(C(=O)O)C1CCCC1. The van der Waals surface area contributed by atoms with Crippen molar-refractivity contribution in [3.05, 3.63) is 28.8 Å². The molecule has 3 heteroatoms. The van der Waals surface area contributed by atoms with E-state index < -0.39 is 11.9 Å². The van der Waals surface area contributed by atoms with Gasteiger partial charge in [0.05, 0.1) is 13.0 Å². The molecule has 1 atom stereocenters. The molecule has 104 valence electrons. The molecule has 1 fully saturated rings. The molecule has 0 spiro atoms. The predicted molar refractivity (Wildman–Crippen MR) is 74.8 cm³/mol. The van der Waals surface area contributed by atoms with Crippen molar-refractivity contribution in [2.75, 3.05) is 7.11 Å². The van der Waals surface area contributed by atoms with Gasteiger partial charge in [-0.1, -0.05) is 30.5 Å². The van der Waals surface area contributed by atoms with Gasteiger partial charge in [-0.05, 0) is 38.2 Å². The van der Waals surface area contributed by atoms with Gasteiger partial charge in [0, 0.05) is 5.56 Å². The third-order valence-corrected chi connectivity index (χ3v) is 4.12. The third kappa shape index (κ3) is 2.75. The van der Waals surface area contributed by atoms with Crippen LogP contribution in [0.25, 0.3) is 0 Å². The molecule has 3 nitrogen and oxygen atoms in total. The van der Waals surface area contributed by atoms with E-state index in [0.29, 0.717) is 0 Å². The molecule has 0 amide bonds. The van der Waals surface area contributed by atoms with Gasteiger partial charge in [0.1, 0.15) is 5.75 Å². The number of hydrogen-bond donors (Lipinski definition) is 1. The molecule has 1 N–H and O–H groups in total. The lowest BCUT2D eigenvalue weighted by Crippen LogP contribution is -2.20. The maximum Gasteiger partial charge on any atom is 0.311 e. The Bertz CT molecular complexity index is 473. The van der Waals surface area contributed by atoms with Crippen LogP contribution in [0.4, 0.5) is 0 Å². The minimum atomic E-state index is -0.727. The van der Waals surface area contributed by atoms with Crippen LogP contribution in [0.15, 0.2) is 12.1 Å². The first-order valence-corrected chi connectivity index (χ1v) is 6.92. The molecule has 1 saturated carbocycles. The lowest BCUT2D eigenvalue weighted by Gasteiger charge is -2.23. The molecule has 19 heavy (non-hydrogen) atoms. The summed E-state index contributed by atoms with van der Waals surface area (Å²) in [5.74, 6) is -0.177. The van der Waals surface area contributed by atoms with Crippen LogP contribution in [0.2, 0.25) is 0 Å². The average Bonchev–Trinajstić information content (AvgIpc) is 2.81. The molecule has 1 aliphatic rings. The van der Waals surface area contributed by atoms with E-state index in [2.05, 4.69) is 0 Å². The van der Waals surface area contributed by atoms with Crippen LogP contribution in [0, 0.1) is 19.8 Å². The van der Waals surface area contributed by atoms with E-state index in [-0.39, 0.29) is 5.92 Å². The maximum atomic E-state index is 11.7. The smallest absolute Gasteiger partial charge is 0.311 e. The van der Waals surface area contributed by atoms with Crippen molar-refractivity contribution in [1.82, 2.24) is 0 Å². The topological polar surface area (TPSA) is 46.5 Å². The van der Waals surface area contributed by atoms with Gasteiger partial charge in [0.2, 0.25) is 0 Å². The number of methoxy groups -OCH3 is 1. The molecule has 0 heterocycles.